The molecule has 0 radical (unpaired) electrons. The standard InChI is InChI=1S/C12H28O5S2Si/c1-13-12(14-2,15-3)17-20(4,11-7-10-19)16-8-5-6-9-18/h18-19H,5-11H2,1-4H3. The van der Waals surface area contributed by atoms with Crippen molar-refractivity contribution in [2.75, 3.05) is 39.4 Å². The fourth-order valence-electron chi connectivity index (χ4n) is 1.69. The van der Waals surface area contributed by atoms with E-state index in [4.69, 9.17) is 23.1 Å². The molecule has 0 aliphatic carbocycles. The molecule has 0 N–H and O–H groups in total. The van der Waals surface area contributed by atoms with Gasteiger partial charge in [-0.15, -0.1) is 0 Å². The molecular formula is C12H28O5S2Si. The zero-order chi connectivity index (χ0) is 15.5. The van der Waals surface area contributed by atoms with E-state index in [1.54, 1.807) is 0 Å². The highest BCUT2D eigenvalue weighted by Gasteiger charge is 2.44. The van der Waals surface area contributed by atoms with Crippen LogP contribution in [-0.2, 0) is 23.1 Å². The van der Waals surface area contributed by atoms with Crippen LogP contribution in [0, 0.1) is 0 Å². The smallest absolute Gasteiger partial charge is 0.394 e. The zero-order valence-corrected chi connectivity index (χ0v) is 15.7. The monoisotopic (exact) mass is 344 g/mol. The third-order valence-corrected chi connectivity index (χ3v) is 6.23. The van der Waals surface area contributed by atoms with Gasteiger partial charge in [0.1, 0.15) is 0 Å². The topological polar surface area (TPSA) is 46.2 Å². The molecule has 0 aliphatic heterocycles. The van der Waals surface area contributed by atoms with Gasteiger partial charge in [0.15, 0.2) is 0 Å². The summed E-state index contributed by atoms with van der Waals surface area (Å²) in [5.41, 5.74) is 0. The number of hydrogen-bond acceptors (Lipinski definition) is 7. The second-order valence-electron chi connectivity index (χ2n) is 4.45. The third-order valence-electron chi connectivity index (χ3n) is 2.84. The Balaban J connectivity index is 4.65. The normalized spacial score (nSPS) is 15.3. The minimum Gasteiger partial charge on any atom is -0.394 e. The van der Waals surface area contributed by atoms with Crippen molar-refractivity contribution in [3.63, 3.8) is 0 Å². The van der Waals surface area contributed by atoms with Crippen LogP contribution in [0.15, 0.2) is 0 Å². The Morgan fingerprint density at radius 2 is 1.45 bits per heavy atom. The highest BCUT2D eigenvalue weighted by molar-refractivity contribution is 7.80. The van der Waals surface area contributed by atoms with Crippen LogP contribution in [0.25, 0.3) is 0 Å². The summed E-state index contributed by atoms with van der Waals surface area (Å²) in [6, 6.07) is 0.801. The summed E-state index contributed by atoms with van der Waals surface area (Å²) in [4.78, 5) is 0. The predicted octanol–water partition coefficient (Wildman–Crippen LogP) is 2.67. The van der Waals surface area contributed by atoms with Crippen molar-refractivity contribution in [3.8, 4) is 0 Å². The van der Waals surface area contributed by atoms with Crippen molar-refractivity contribution in [2.45, 2.75) is 38.0 Å². The van der Waals surface area contributed by atoms with Gasteiger partial charge in [0.2, 0.25) is 0 Å². The number of ether oxygens (including phenoxy) is 3. The van der Waals surface area contributed by atoms with Crippen molar-refractivity contribution in [1.29, 1.82) is 0 Å². The predicted molar refractivity (Wildman–Crippen MR) is 88.8 cm³/mol. The average molecular weight is 345 g/mol. The van der Waals surface area contributed by atoms with Crippen molar-refractivity contribution in [3.05, 3.63) is 0 Å². The van der Waals surface area contributed by atoms with Crippen LogP contribution >= 0.6 is 25.3 Å². The van der Waals surface area contributed by atoms with Crippen molar-refractivity contribution in [1.82, 2.24) is 0 Å². The lowest BCUT2D eigenvalue weighted by atomic mass is 10.4. The van der Waals surface area contributed by atoms with E-state index >= 15 is 0 Å². The second-order valence-corrected chi connectivity index (χ2v) is 8.61. The van der Waals surface area contributed by atoms with Crippen LogP contribution < -0.4 is 0 Å². The van der Waals surface area contributed by atoms with E-state index in [9.17, 15) is 0 Å². The van der Waals surface area contributed by atoms with Crippen LogP contribution in [-0.4, -0.2) is 54.2 Å². The minimum atomic E-state index is -2.47. The van der Waals surface area contributed by atoms with Gasteiger partial charge in [-0.25, -0.2) is 0 Å². The van der Waals surface area contributed by atoms with Crippen molar-refractivity contribution < 1.29 is 23.1 Å². The summed E-state index contributed by atoms with van der Waals surface area (Å²) in [5, 5.41) is 0. The second kappa shape index (κ2) is 11.3. The van der Waals surface area contributed by atoms with Crippen molar-refractivity contribution in [2.24, 2.45) is 0 Å². The maximum Gasteiger partial charge on any atom is 0.403 e. The first-order valence-electron chi connectivity index (χ1n) is 6.72. The lowest BCUT2D eigenvalue weighted by Crippen LogP contribution is -2.52. The van der Waals surface area contributed by atoms with Crippen LogP contribution in [0.2, 0.25) is 12.6 Å². The van der Waals surface area contributed by atoms with E-state index in [0.717, 1.165) is 36.8 Å². The maximum atomic E-state index is 6.00. The summed E-state index contributed by atoms with van der Waals surface area (Å²) in [5.74, 6) is 1.64. The van der Waals surface area contributed by atoms with Crippen LogP contribution in [0.5, 0.6) is 0 Å². The Morgan fingerprint density at radius 1 is 0.900 bits per heavy atom. The molecule has 5 nitrogen and oxygen atoms in total. The maximum absolute atomic E-state index is 6.00. The van der Waals surface area contributed by atoms with Crippen molar-refractivity contribution >= 4 is 33.8 Å². The first-order chi connectivity index (χ1) is 9.51. The molecule has 0 heterocycles. The molecule has 0 aromatic carbocycles. The summed E-state index contributed by atoms with van der Waals surface area (Å²) in [6.07, 6.45) is 1.38. The van der Waals surface area contributed by atoms with E-state index in [1.165, 1.54) is 21.3 Å². The zero-order valence-electron chi connectivity index (χ0n) is 12.9. The SMILES string of the molecule is COC(OC)(OC)O[Si](C)(CCCS)OCCCCS. The lowest BCUT2D eigenvalue weighted by molar-refractivity contribution is -0.456. The number of rotatable bonds is 13. The largest absolute Gasteiger partial charge is 0.403 e. The summed E-state index contributed by atoms with van der Waals surface area (Å²) in [7, 11) is 1.95. The molecule has 0 spiro atoms. The molecule has 0 aliphatic rings. The molecule has 0 aromatic heterocycles. The van der Waals surface area contributed by atoms with E-state index in [0.29, 0.717) is 6.61 Å². The molecule has 0 aromatic rings. The van der Waals surface area contributed by atoms with Gasteiger partial charge in [0, 0.05) is 27.9 Å². The molecule has 0 amide bonds. The van der Waals surface area contributed by atoms with Gasteiger partial charge in [-0.3, -0.25) is 0 Å². The van der Waals surface area contributed by atoms with Gasteiger partial charge in [-0.05, 0) is 43.4 Å². The van der Waals surface area contributed by atoms with Gasteiger partial charge in [-0.1, -0.05) is 0 Å². The molecule has 0 rings (SSSR count). The number of methoxy groups -OCH3 is 3. The summed E-state index contributed by atoms with van der Waals surface area (Å²) in [6.45, 7) is 2.63. The Morgan fingerprint density at radius 3 is 1.90 bits per heavy atom. The number of thiol groups is 2. The molecule has 1 unspecified atom stereocenters. The third kappa shape index (κ3) is 7.65. The van der Waals surface area contributed by atoms with E-state index < -0.39 is 14.7 Å². The molecule has 0 bridgehead atoms. The first-order valence-corrected chi connectivity index (χ1v) is 10.5. The molecule has 1 atom stereocenters. The Kier molecular flexibility index (Phi) is 11.7. The molecule has 0 saturated heterocycles. The van der Waals surface area contributed by atoms with Gasteiger partial charge in [-0.2, -0.15) is 25.3 Å². The van der Waals surface area contributed by atoms with Crippen LogP contribution in [0.3, 0.4) is 0 Å². The Labute approximate surface area is 134 Å². The van der Waals surface area contributed by atoms with Crippen LogP contribution in [0.1, 0.15) is 19.3 Å². The fraction of sp³-hybridized carbons (Fsp3) is 1.00. The number of hydrogen-bond donors (Lipinski definition) is 2. The molecule has 122 valence electrons. The van der Waals surface area contributed by atoms with E-state index in [-0.39, 0.29) is 0 Å². The van der Waals surface area contributed by atoms with Gasteiger partial charge in [0.25, 0.3) is 0 Å². The molecule has 0 saturated carbocycles. The highest BCUT2D eigenvalue weighted by atomic mass is 32.1. The van der Waals surface area contributed by atoms with Gasteiger partial charge < -0.3 is 23.1 Å². The molecule has 8 heteroatoms. The molecule has 20 heavy (non-hydrogen) atoms. The number of unbranched alkanes of at least 4 members (excludes halogenated alkanes) is 1. The van der Waals surface area contributed by atoms with Gasteiger partial charge >= 0.3 is 14.7 Å². The molecular weight excluding hydrogens is 316 g/mol. The Bertz CT molecular complexity index is 236. The lowest BCUT2D eigenvalue weighted by Gasteiger charge is -2.36. The fourth-order valence-corrected chi connectivity index (χ4v) is 4.85. The minimum absolute atomic E-state index is 0.642. The summed E-state index contributed by atoms with van der Waals surface area (Å²) >= 11 is 8.44. The summed E-state index contributed by atoms with van der Waals surface area (Å²) < 4.78 is 27.5. The molecule has 0 fully saturated rings. The van der Waals surface area contributed by atoms with Gasteiger partial charge in [0.05, 0.1) is 0 Å². The average Bonchev–Trinajstić information content (AvgIpc) is 2.48. The highest BCUT2D eigenvalue weighted by Crippen LogP contribution is 2.26. The Hall–Kier alpha value is 0.717. The van der Waals surface area contributed by atoms with E-state index in [2.05, 4.69) is 25.3 Å². The first kappa shape index (κ1) is 20.7. The van der Waals surface area contributed by atoms with E-state index in [1.807, 2.05) is 6.55 Å². The quantitative estimate of drug-likeness (QED) is 0.233. The van der Waals surface area contributed by atoms with Crippen LogP contribution in [0.4, 0.5) is 0 Å².